The molecule has 0 bridgehead atoms. The predicted octanol–water partition coefficient (Wildman–Crippen LogP) is 2.42. The van der Waals surface area contributed by atoms with Gasteiger partial charge < -0.3 is 15.1 Å². The smallest absolute Gasteiger partial charge is 0.277 e. The van der Waals surface area contributed by atoms with Gasteiger partial charge in [0.05, 0.1) is 18.4 Å². The summed E-state index contributed by atoms with van der Waals surface area (Å²) in [7, 11) is 0. The maximum Gasteiger partial charge on any atom is 0.277 e. The number of carbonyl (C=O) groups is 1. The minimum Gasteiger partial charge on any atom is -0.441 e. The van der Waals surface area contributed by atoms with Gasteiger partial charge in [0.25, 0.3) is 5.91 Å². The van der Waals surface area contributed by atoms with Gasteiger partial charge in [-0.2, -0.15) is 0 Å². The van der Waals surface area contributed by atoms with Crippen LogP contribution >= 0.6 is 0 Å². The molecule has 1 amide bonds. The Morgan fingerprint density at radius 3 is 2.73 bits per heavy atom. The number of rotatable bonds is 4. The van der Waals surface area contributed by atoms with E-state index in [1.165, 1.54) is 0 Å². The van der Waals surface area contributed by atoms with Gasteiger partial charge in [-0.1, -0.05) is 5.21 Å². The first-order valence-corrected chi connectivity index (χ1v) is 8.66. The van der Waals surface area contributed by atoms with E-state index < -0.39 is 0 Å². The molecule has 4 rings (SSSR count). The Labute approximate surface area is 150 Å². The highest BCUT2D eigenvalue weighted by Crippen LogP contribution is 2.22. The number of benzene rings is 1. The highest BCUT2D eigenvalue weighted by Gasteiger charge is 2.18. The van der Waals surface area contributed by atoms with Crippen LogP contribution < -0.4 is 10.6 Å². The van der Waals surface area contributed by atoms with Crippen LogP contribution in [-0.2, 0) is 0 Å². The average Bonchev–Trinajstić information content (AvgIpc) is 3.32. The summed E-state index contributed by atoms with van der Waals surface area (Å²) in [5.41, 5.74) is 1.91. The van der Waals surface area contributed by atoms with Crippen LogP contribution in [0.5, 0.6) is 0 Å². The molecule has 134 valence electrons. The van der Waals surface area contributed by atoms with E-state index in [9.17, 15) is 4.79 Å². The Bertz CT molecular complexity index is 893. The summed E-state index contributed by atoms with van der Waals surface area (Å²) in [6, 6.07) is 7.70. The molecule has 0 atom stereocenters. The lowest BCUT2D eigenvalue weighted by molar-refractivity contribution is 0.102. The SMILES string of the molecule is Cc1ncc(-c2ccc(NC(=O)c3cn(C4CCNCC4)nn3)cc2)o1. The summed E-state index contributed by atoms with van der Waals surface area (Å²) in [6.07, 6.45) is 5.39. The van der Waals surface area contributed by atoms with Gasteiger partial charge in [-0.15, -0.1) is 5.10 Å². The van der Waals surface area contributed by atoms with E-state index in [1.54, 1.807) is 24.0 Å². The molecule has 1 aromatic carbocycles. The fourth-order valence-electron chi connectivity index (χ4n) is 3.04. The minimum atomic E-state index is -0.270. The number of nitrogens with zero attached hydrogens (tertiary/aromatic N) is 4. The third-order valence-corrected chi connectivity index (χ3v) is 4.47. The second kappa shape index (κ2) is 7.09. The number of amides is 1. The Morgan fingerprint density at radius 1 is 1.27 bits per heavy atom. The molecule has 0 spiro atoms. The second-order valence-electron chi connectivity index (χ2n) is 6.34. The van der Waals surface area contributed by atoms with E-state index in [4.69, 9.17) is 4.42 Å². The molecule has 26 heavy (non-hydrogen) atoms. The van der Waals surface area contributed by atoms with Crippen molar-refractivity contribution in [2.75, 3.05) is 18.4 Å². The number of hydrogen-bond acceptors (Lipinski definition) is 6. The van der Waals surface area contributed by atoms with Crippen LogP contribution in [0.1, 0.15) is 35.3 Å². The lowest BCUT2D eigenvalue weighted by Crippen LogP contribution is -2.29. The first-order valence-electron chi connectivity index (χ1n) is 8.66. The van der Waals surface area contributed by atoms with Gasteiger partial charge in [-0.3, -0.25) is 4.79 Å². The van der Waals surface area contributed by atoms with E-state index in [0.717, 1.165) is 31.5 Å². The zero-order valence-electron chi connectivity index (χ0n) is 14.5. The van der Waals surface area contributed by atoms with Crippen molar-refractivity contribution in [1.82, 2.24) is 25.3 Å². The highest BCUT2D eigenvalue weighted by atomic mass is 16.4. The number of oxazole rings is 1. The van der Waals surface area contributed by atoms with Crippen molar-refractivity contribution in [3.8, 4) is 11.3 Å². The van der Waals surface area contributed by atoms with E-state index in [1.807, 2.05) is 24.3 Å². The van der Waals surface area contributed by atoms with Crippen LogP contribution in [0.4, 0.5) is 5.69 Å². The summed E-state index contributed by atoms with van der Waals surface area (Å²) in [5.74, 6) is 1.05. The van der Waals surface area contributed by atoms with Crippen LogP contribution in [-0.4, -0.2) is 39.0 Å². The Balaban J connectivity index is 1.42. The van der Waals surface area contributed by atoms with Gasteiger partial charge in [0, 0.05) is 18.2 Å². The molecule has 8 nitrogen and oxygen atoms in total. The average molecular weight is 352 g/mol. The van der Waals surface area contributed by atoms with Crippen molar-refractivity contribution >= 4 is 11.6 Å². The minimum absolute atomic E-state index is 0.270. The molecule has 0 unspecified atom stereocenters. The zero-order valence-corrected chi connectivity index (χ0v) is 14.5. The third-order valence-electron chi connectivity index (χ3n) is 4.47. The molecule has 3 heterocycles. The molecular formula is C18H20N6O2. The number of aromatic nitrogens is 4. The normalized spacial score (nSPS) is 15.1. The van der Waals surface area contributed by atoms with Gasteiger partial charge in [0.15, 0.2) is 17.3 Å². The number of anilines is 1. The Kier molecular flexibility index (Phi) is 4.49. The van der Waals surface area contributed by atoms with Crippen LogP contribution in [0.25, 0.3) is 11.3 Å². The number of aryl methyl sites for hydroxylation is 1. The number of carbonyl (C=O) groups excluding carboxylic acids is 1. The van der Waals surface area contributed by atoms with Gasteiger partial charge in [0.1, 0.15) is 0 Å². The van der Waals surface area contributed by atoms with Crippen LogP contribution in [0.15, 0.2) is 41.1 Å². The monoisotopic (exact) mass is 352 g/mol. The van der Waals surface area contributed by atoms with E-state index in [-0.39, 0.29) is 5.91 Å². The summed E-state index contributed by atoms with van der Waals surface area (Å²) < 4.78 is 7.29. The van der Waals surface area contributed by atoms with Gasteiger partial charge in [-0.05, 0) is 50.2 Å². The fraction of sp³-hybridized carbons (Fsp3) is 0.333. The lowest BCUT2D eigenvalue weighted by Gasteiger charge is -2.22. The third kappa shape index (κ3) is 3.50. The molecule has 1 fully saturated rings. The van der Waals surface area contributed by atoms with Crippen molar-refractivity contribution in [2.24, 2.45) is 0 Å². The molecule has 0 saturated carbocycles. The van der Waals surface area contributed by atoms with Crippen molar-refractivity contribution in [3.05, 3.63) is 48.2 Å². The van der Waals surface area contributed by atoms with E-state index >= 15 is 0 Å². The van der Waals surface area contributed by atoms with Crippen LogP contribution in [0.2, 0.25) is 0 Å². The van der Waals surface area contributed by atoms with Gasteiger partial charge >= 0.3 is 0 Å². The largest absolute Gasteiger partial charge is 0.441 e. The molecular weight excluding hydrogens is 332 g/mol. The molecule has 1 aliphatic heterocycles. The van der Waals surface area contributed by atoms with Crippen LogP contribution in [0, 0.1) is 6.92 Å². The topological polar surface area (TPSA) is 97.9 Å². The number of hydrogen-bond donors (Lipinski definition) is 2. The standard InChI is InChI=1S/C18H20N6O2/c1-12-20-10-17(26-12)13-2-4-14(5-3-13)21-18(25)16-11-24(23-22-16)15-6-8-19-9-7-15/h2-5,10-11,15,19H,6-9H2,1H3,(H,21,25). The highest BCUT2D eigenvalue weighted by molar-refractivity contribution is 6.02. The number of nitrogens with one attached hydrogen (secondary N) is 2. The molecule has 2 N–H and O–H groups in total. The van der Waals surface area contributed by atoms with Crippen molar-refractivity contribution < 1.29 is 9.21 Å². The molecule has 0 radical (unpaired) electrons. The van der Waals surface area contributed by atoms with Crippen molar-refractivity contribution in [3.63, 3.8) is 0 Å². The summed E-state index contributed by atoms with van der Waals surface area (Å²) in [5, 5.41) is 14.3. The van der Waals surface area contributed by atoms with Crippen molar-refractivity contribution in [2.45, 2.75) is 25.8 Å². The maximum absolute atomic E-state index is 12.4. The quantitative estimate of drug-likeness (QED) is 0.748. The molecule has 0 aliphatic carbocycles. The first kappa shape index (κ1) is 16.5. The molecule has 8 heteroatoms. The number of piperidine rings is 1. The second-order valence-corrected chi connectivity index (χ2v) is 6.34. The van der Waals surface area contributed by atoms with Gasteiger partial charge in [-0.25, -0.2) is 9.67 Å². The van der Waals surface area contributed by atoms with Crippen molar-refractivity contribution in [1.29, 1.82) is 0 Å². The lowest BCUT2D eigenvalue weighted by atomic mass is 10.1. The van der Waals surface area contributed by atoms with E-state index in [0.29, 0.717) is 29.1 Å². The summed E-state index contributed by atoms with van der Waals surface area (Å²) >= 11 is 0. The maximum atomic E-state index is 12.4. The van der Waals surface area contributed by atoms with E-state index in [2.05, 4.69) is 25.9 Å². The first-order chi connectivity index (χ1) is 12.7. The molecule has 1 aliphatic rings. The summed E-state index contributed by atoms with van der Waals surface area (Å²) in [6.45, 7) is 3.72. The zero-order chi connectivity index (χ0) is 17.9. The molecule has 3 aromatic rings. The predicted molar refractivity (Wildman–Crippen MR) is 95.8 cm³/mol. The Morgan fingerprint density at radius 2 is 2.04 bits per heavy atom. The fourth-order valence-corrected chi connectivity index (χ4v) is 3.04. The Hall–Kier alpha value is -3.00. The summed E-state index contributed by atoms with van der Waals surface area (Å²) in [4.78, 5) is 16.5. The van der Waals surface area contributed by atoms with Gasteiger partial charge in [0.2, 0.25) is 0 Å². The molecule has 1 saturated heterocycles. The van der Waals surface area contributed by atoms with Crippen LogP contribution in [0.3, 0.4) is 0 Å². The molecule has 2 aromatic heterocycles.